The van der Waals surface area contributed by atoms with E-state index in [0.29, 0.717) is 0 Å². The molecule has 0 aliphatic carbocycles. The van der Waals surface area contributed by atoms with Crippen LogP contribution in [0.15, 0.2) is 65.8 Å². The second kappa shape index (κ2) is 7.03. The van der Waals surface area contributed by atoms with Crippen LogP contribution in [0.4, 0.5) is 0 Å². The first-order chi connectivity index (χ1) is 10.7. The Labute approximate surface area is 140 Å². The summed E-state index contributed by atoms with van der Waals surface area (Å²) >= 11 is 7.74. The second-order valence-corrected chi connectivity index (χ2v) is 6.68. The van der Waals surface area contributed by atoms with Crippen LogP contribution in [-0.4, -0.2) is 9.55 Å². The van der Waals surface area contributed by atoms with Crippen molar-refractivity contribution in [1.82, 2.24) is 9.55 Å². The number of aryl methyl sites for hydroxylation is 1. The number of thioether (sulfide) groups is 1. The molecular weight excluding hydrogens is 312 g/mol. The molecule has 0 saturated carbocycles. The highest BCUT2D eigenvalue weighted by Crippen LogP contribution is 2.22. The molecule has 0 bridgehead atoms. The molecule has 0 radical (unpaired) electrons. The molecule has 3 aromatic rings. The molecule has 0 atom stereocenters. The van der Waals surface area contributed by atoms with Crippen molar-refractivity contribution in [2.75, 3.05) is 0 Å². The Hall–Kier alpha value is -1.71. The third kappa shape index (κ3) is 3.93. The molecule has 1 heterocycles. The Bertz CT molecular complexity index is 733. The van der Waals surface area contributed by atoms with Gasteiger partial charge in [-0.3, -0.25) is 0 Å². The van der Waals surface area contributed by atoms with Gasteiger partial charge in [-0.2, -0.15) is 0 Å². The average Bonchev–Trinajstić information content (AvgIpc) is 2.96. The van der Waals surface area contributed by atoms with Crippen LogP contribution in [-0.2, 0) is 12.3 Å². The minimum absolute atomic E-state index is 0.768. The van der Waals surface area contributed by atoms with Crippen molar-refractivity contribution in [3.8, 4) is 0 Å². The van der Waals surface area contributed by atoms with E-state index in [4.69, 9.17) is 11.6 Å². The van der Waals surface area contributed by atoms with Crippen LogP contribution in [0.2, 0.25) is 5.02 Å². The van der Waals surface area contributed by atoms with E-state index in [1.54, 1.807) is 0 Å². The smallest absolute Gasteiger partial charge is 0.119 e. The third-order valence-electron chi connectivity index (χ3n) is 3.46. The summed E-state index contributed by atoms with van der Waals surface area (Å²) in [6.07, 6.45) is 3.89. The van der Waals surface area contributed by atoms with Gasteiger partial charge in [-0.25, -0.2) is 4.98 Å². The summed E-state index contributed by atoms with van der Waals surface area (Å²) in [4.78, 5) is 5.75. The van der Waals surface area contributed by atoms with Gasteiger partial charge in [-0.05, 0) is 36.8 Å². The fraction of sp³-hybridized carbons (Fsp3) is 0.167. The molecule has 0 amide bonds. The lowest BCUT2D eigenvalue weighted by Gasteiger charge is -2.08. The van der Waals surface area contributed by atoms with E-state index < -0.39 is 0 Å². The monoisotopic (exact) mass is 328 g/mol. The molecule has 0 aliphatic rings. The van der Waals surface area contributed by atoms with Gasteiger partial charge in [0, 0.05) is 28.9 Å². The summed E-state index contributed by atoms with van der Waals surface area (Å²) in [6, 6.07) is 16.6. The fourth-order valence-corrected chi connectivity index (χ4v) is 3.18. The van der Waals surface area contributed by atoms with E-state index in [1.165, 1.54) is 16.0 Å². The molecule has 1 aromatic heterocycles. The van der Waals surface area contributed by atoms with Crippen LogP contribution >= 0.6 is 23.4 Å². The third-order valence-corrected chi connectivity index (χ3v) is 4.72. The van der Waals surface area contributed by atoms with Crippen molar-refractivity contribution in [3.63, 3.8) is 0 Å². The predicted molar refractivity (Wildman–Crippen MR) is 93.5 cm³/mol. The van der Waals surface area contributed by atoms with Crippen LogP contribution in [0.25, 0.3) is 0 Å². The van der Waals surface area contributed by atoms with Gasteiger partial charge in [0.15, 0.2) is 0 Å². The van der Waals surface area contributed by atoms with Crippen molar-refractivity contribution in [2.24, 2.45) is 0 Å². The molecule has 2 nitrogen and oxygen atoms in total. The first-order valence-electron chi connectivity index (χ1n) is 7.14. The zero-order valence-corrected chi connectivity index (χ0v) is 13.9. The molecule has 0 aliphatic heterocycles. The summed E-state index contributed by atoms with van der Waals surface area (Å²) < 4.78 is 2.18. The zero-order chi connectivity index (χ0) is 15.4. The second-order valence-electron chi connectivity index (χ2n) is 5.20. The number of rotatable bonds is 5. The van der Waals surface area contributed by atoms with Gasteiger partial charge in [-0.1, -0.05) is 41.4 Å². The van der Waals surface area contributed by atoms with E-state index in [1.807, 2.05) is 36.3 Å². The predicted octanol–water partition coefficient (Wildman–Crippen LogP) is 5.19. The normalized spacial score (nSPS) is 10.8. The maximum absolute atomic E-state index is 5.93. The topological polar surface area (TPSA) is 17.8 Å². The summed E-state index contributed by atoms with van der Waals surface area (Å²) in [5.41, 5.74) is 2.51. The van der Waals surface area contributed by atoms with Crippen molar-refractivity contribution < 1.29 is 0 Å². The molecule has 22 heavy (non-hydrogen) atoms. The first-order valence-corrected chi connectivity index (χ1v) is 8.51. The molecular formula is C18H17ClN2S. The van der Waals surface area contributed by atoms with E-state index >= 15 is 0 Å². The zero-order valence-electron chi connectivity index (χ0n) is 12.4. The molecule has 0 saturated heterocycles. The van der Waals surface area contributed by atoms with E-state index in [0.717, 1.165) is 23.1 Å². The standard InChI is InChI=1S/C18H17ClN2S/c1-14-2-8-17(9-3-14)22-13-18-20-10-11-21(18)12-15-4-6-16(19)7-5-15/h2-11H,12-13H2,1H3. The lowest BCUT2D eigenvalue weighted by molar-refractivity contribution is 0.756. The Balaban J connectivity index is 1.66. The van der Waals surface area contributed by atoms with Crippen LogP contribution in [0.1, 0.15) is 17.0 Å². The number of halogens is 1. The van der Waals surface area contributed by atoms with E-state index in [2.05, 4.69) is 52.9 Å². The molecule has 2 aromatic carbocycles. The Morgan fingerprint density at radius 1 is 1.05 bits per heavy atom. The Kier molecular flexibility index (Phi) is 4.86. The van der Waals surface area contributed by atoms with Crippen LogP contribution in [0.3, 0.4) is 0 Å². The number of nitrogens with zero attached hydrogens (tertiary/aromatic N) is 2. The summed E-state index contributed by atoms with van der Waals surface area (Å²) in [5, 5.41) is 0.768. The van der Waals surface area contributed by atoms with E-state index in [9.17, 15) is 0 Å². The number of benzene rings is 2. The minimum Gasteiger partial charge on any atom is -0.330 e. The van der Waals surface area contributed by atoms with Gasteiger partial charge in [0.1, 0.15) is 5.82 Å². The van der Waals surface area contributed by atoms with Crippen LogP contribution < -0.4 is 0 Å². The van der Waals surface area contributed by atoms with Gasteiger partial charge >= 0.3 is 0 Å². The maximum Gasteiger partial charge on any atom is 0.119 e. The number of aromatic nitrogens is 2. The minimum atomic E-state index is 0.768. The van der Waals surface area contributed by atoms with Crippen molar-refractivity contribution in [2.45, 2.75) is 24.1 Å². The number of imidazole rings is 1. The van der Waals surface area contributed by atoms with Crippen molar-refractivity contribution >= 4 is 23.4 Å². The van der Waals surface area contributed by atoms with Gasteiger partial charge in [0.2, 0.25) is 0 Å². The molecule has 3 rings (SSSR count). The largest absolute Gasteiger partial charge is 0.330 e. The summed E-state index contributed by atoms with van der Waals surface area (Å²) in [5.74, 6) is 1.95. The summed E-state index contributed by atoms with van der Waals surface area (Å²) in [7, 11) is 0. The molecule has 0 N–H and O–H groups in total. The van der Waals surface area contributed by atoms with Crippen LogP contribution in [0, 0.1) is 6.92 Å². The van der Waals surface area contributed by atoms with E-state index in [-0.39, 0.29) is 0 Å². The van der Waals surface area contributed by atoms with Crippen molar-refractivity contribution in [3.05, 3.63) is 82.9 Å². The molecule has 0 fully saturated rings. The molecule has 0 spiro atoms. The van der Waals surface area contributed by atoms with Gasteiger partial charge in [-0.15, -0.1) is 11.8 Å². The molecule has 4 heteroatoms. The first kappa shape index (κ1) is 15.2. The van der Waals surface area contributed by atoms with Crippen molar-refractivity contribution in [1.29, 1.82) is 0 Å². The lowest BCUT2D eigenvalue weighted by atomic mass is 10.2. The number of hydrogen-bond acceptors (Lipinski definition) is 2. The van der Waals surface area contributed by atoms with Gasteiger partial charge < -0.3 is 4.57 Å². The highest BCUT2D eigenvalue weighted by molar-refractivity contribution is 7.98. The molecule has 112 valence electrons. The van der Waals surface area contributed by atoms with Gasteiger partial charge in [0.05, 0.1) is 5.75 Å². The van der Waals surface area contributed by atoms with Gasteiger partial charge in [0.25, 0.3) is 0 Å². The maximum atomic E-state index is 5.93. The Morgan fingerprint density at radius 2 is 1.77 bits per heavy atom. The highest BCUT2D eigenvalue weighted by Gasteiger charge is 2.05. The fourth-order valence-electron chi connectivity index (χ4n) is 2.19. The summed E-state index contributed by atoms with van der Waals surface area (Å²) in [6.45, 7) is 2.92. The van der Waals surface area contributed by atoms with Crippen LogP contribution in [0.5, 0.6) is 0 Å². The Morgan fingerprint density at radius 3 is 2.50 bits per heavy atom. The quantitative estimate of drug-likeness (QED) is 0.600. The SMILES string of the molecule is Cc1ccc(SCc2nccn2Cc2ccc(Cl)cc2)cc1. The number of hydrogen-bond donors (Lipinski definition) is 0. The molecule has 0 unspecified atom stereocenters. The lowest BCUT2D eigenvalue weighted by Crippen LogP contribution is -2.03. The average molecular weight is 329 g/mol. The highest BCUT2D eigenvalue weighted by atomic mass is 35.5.